The maximum absolute atomic E-state index is 12.9. The monoisotopic (exact) mass is 371 g/mol. The molecule has 4 nitrogen and oxygen atoms in total. The first-order valence-corrected chi connectivity index (χ1v) is 9.91. The maximum atomic E-state index is 12.9. The van der Waals surface area contributed by atoms with Crippen molar-refractivity contribution in [3.63, 3.8) is 0 Å². The molecule has 28 heavy (non-hydrogen) atoms. The van der Waals surface area contributed by atoms with Gasteiger partial charge >= 0.3 is 0 Å². The molecular formula is C24H25N3O. The minimum atomic E-state index is 0.0152. The number of nitrogens with one attached hydrogen (secondary N) is 1. The quantitative estimate of drug-likeness (QED) is 0.555. The highest BCUT2D eigenvalue weighted by molar-refractivity contribution is 6.09. The average molecular weight is 371 g/mol. The molecule has 1 N–H and O–H groups in total. The number of anilines is 2. The number of carbonyl (C=O) groups excluding carboxylic acids is 1. The molecule has 0 aliphatic heterocycles. The van der Waals surface area contributed by atoms with Crippen LogP contribution in [0.5, 0.6) is 0 Å². The van der Waals surface area contributed by atoms with Crippen molar-refractivity contribution < 1.29 is 4.79 Å². The molecule has 3 aromatic rings. The second-order valence-corrected chi connectivity index (χ2v) is 7.92. The van der Waals surface area contributed by atoms with Crippen molar-refractivity contribution in [1.82, 2.24) is 9.97 Å². The maximum Gasteiger partial charge on any atom is 0.194 e. The van der Waals surface area contributed by atoms with Crippen molar-refractivity contribution in [2.24, 2.45) is 5.92 Å². The van der Waals surface area contributed by atoms with Crippen LogP contribution in [0.2, 0.25) is 0 Å². The molecule has 1 saturated carbocycles. The molecule has 1 aromatic carbocycles. The first kappa shape index (κ1) is 18.4. The lowest BCUT2D eigenvalue weighted by atomic mass is 9.99. The molecule has 0 atom stereocenters. The fourth-order valence-corrected chi connectivity index (χ4v) is 3.43. The van der Waals surface area contributed by atoms with E-state index in [0.29, 0.717) is 17.4 Å². The van der Waals surface area contributed by atoms with E-state index < -0.39 is 0 Å². The average Bonchev–Trinajstić information content (AvgIpc) is 3.54. The molecule has 0 amide bonds. The van der Waals surface area contributed by atoms with Gasteiger partial charge < -0.3 is 5.32 Å². The second kappa shape index (κ2) is 7.93. The Morgan fingerprint density at radius 1 is 1.07 bits per heavy atom. The summed E-state index contributed by atoms with van der Waals surface area (Å²) in [6.07, 6.45) is 8.52. The van der Waals surface area contributed by atoms with Crippen LogP contribution in [0.4, 0.5) is 11.5 Å². The van der Waals surface area contributed by atoms with E-state index in [1.807, 2.05) is 24.4 Å². The number of ketones is 1. The molecular weight excluding hydrogens is 346 g/mol. The van der Waals surface area contributed by atoms with Crippen LogP contribution in [0.25, 0.3) is 0 Å². The molecule has 2 heterocycles. The van der Waals surface area contributed by atoms with Crippen LogP contribution in [-0.4, -0.2) is 15.8 Å². The van der Waals surface area contributed by atoms with Crippen LogP contribution in [0.1, 0.15) is 59.7 Å². The largest absolute Gasteiger partial charge is 0.340 e. The van der Waals surface area contributed by atoms with Crippen molar-refractivity contribution >= 4 is 17.3 Å². The number of aromatic nitrogens is 2. The molecule has 142 valence electrons. The van der Waals surface area contributed by atoms with Gasteiger partial charge in [0.25, 0.3) is 0 Å². The molecule has 0 saturated heterocycles. The van der Waals surface area contributed by atoms with Gasteiger partial charge in [0, 0.05) is 35.4 Å². The van der Waals surface area contributed by atoms with E-state index in [-0.39, 0.29) is 5.78 Å². The Morgan fingerprint density at radius 3 is 2.50 bits per heavy atom. The number of benzene rings is 1. The molecule has 4 rings (SSSR count). The van der Waals surface area contributed by atoms with E-state index in [0.717, 1.165) is 41.9 Å². The smallest absolute Gasteiger partial charge is 0.194 e. The van der Waals surface area contributed by atoms with Crippen LogP contribution < -0.4 is 5.32 Å². The summed E-state index contributed by atoms with van der Waals surface area (Å²) in [5, 5.41) is 3.30. The van der Waals surface area contributed by atoms with Gasteiger partial charge in [0.15, 0.2) is 5.78 Å². The summed E-state index contributed by atoms with van der Waals surface area (Å²) in [5.74, 6) is 1.87. The fourth-order valence-electron chi connectivity index (χ4n) is 3.43. The highest BCUT2D eigenvalue weighted by Gasteiger charge is 2.28. The normalized spacial score (nSPS) is 13.5. The van der Waals surface area contributed by atoms with E-state index >= 15 is 0 Å². The standard InChI is InChI=1S/C24H25N3O/c1-16(2)13-17-3-8-20(9-4-17)27-23-10-7-19(14-26-23)24(28)21-11-12-25-15-22(21)18-5-6-18/h3-4,7-12,14-16,18H,5-6,13H2,1-2H3,(H,26,27). The third-order valence-corrected chi connectivity index (χ3v) is 5.01. The van der Waals surface area contributed by atoms with Gasteiger partial charge in [0.1, 0.15) is 5.82 Å². The number of nitrogens with zero attached hydrogens (tertiary/aromatic N) is 2. The first-order valence-electron chi connectivity index (χ1n) is 9.91. The van der Waals surface area contributed by atoms with Crippen molar-refractivity contribution in [3.8, 4) is 0 Å². The zero-order valence-electron chi connectivity index (χ0n) is 16.4. The topological polar surface area (TPSA) is 54.9 Å². The highest BCUT2D eigenvalue weighted by atomic mass is 16.1. The Morgan fingerprint density at radius 2 is 1.86 bits per heavy atom. The Bertz CT molecular complexity index is 958. The molecule has 0 unspecified atom stereocenters. The number of hydrogen-bond donors (Lipinski definition) is 1. The summed E-state index contributed by atoms with van der Waals surface area (Å²) in [7, 11) is 0. The molecule has 0 bridgehead atoms. The Hall–Kier alpha value is -3.01. The third-order valence-electron chi connectivity index (χ3n) is 5.01. The molecule has 1 aliphatic rings. The van der Waals surface area contributed by atoms with Crippen LogP contribution in [0.15, 0.2) is 61.1 Å². The van der Waals surface area contributed by atoms with Gasteiger partial charge in [-0.1, -0.05) is 26.0 Å². The Kier molecular flexibility index (Phi) is 5.20. The molecule has 2 aromatic heterocycles. The van der Waals surface area contributed by atoms with E-state index in [1.165, 1.54) is 5.56 Å². The van der Waals surface area contributed by atoms with Crippen LogP contribution in [0.3, 0.4) is 0 Å². The lowest BCUT2D eigenvalue weighted by molar-refractivity contribution is 0.103. The predicted octanol–water partition coefficient (Wildman–Crippen LogP) is 5.53. The third kappa shape index (κ3) is 4.28. The summed E-state index contributed by atoms with van der Waals surface area (Å²) in [6.45, 7) is 4.44. The predicted molar refractivity (Wildman–Crippen MR) is 112 cm³/mol. The van der Waals surface area contributed by atoms with Gasteiger partial charge in [-0.3, -0.25) is 9.78 Å². The minimum absolute atomic E-state index is 0.0152. The number of carbonyl (C=O) groups is 1. The van der Waals surface area contributed by atoms with Crippen LogP contribution in [0, 0.1) is 5.92 Å². The SMILES string of the molecule is CC(C)Cc1ccc(Nc2ccc(C(=O)c3ccncc3C3CC3)cn2)cc1. The van der Waals surface area contributed by atoms with E-state index in [9.17, 15) is 4.79 Å². The Balaban J connectivity index is 1.46. The highest BCUT2D eigenvalue weighted by Crippen LogP contribution is 2.41. The van der Waals surface area contributed by atoms with Crippen molar-refractivity contribution in [3.05, 3.63) is 83.3 Å². The molecule has 0 spiro atoms. The van der Waals surface area contributed by atoms with Gasteiger partial charge in [-0.05, 0) is 72.6 Å². The molecule has 1 aliphatic carbocycles. The summed E-state index contributed by atoms with van der Waals surface area (Å²) in [5.41, 5.74) is 4.74. The zero-order chi connectivity index (χ0) is 19.5. The van der Waals surface area contributed by atoms with Crippen molar-refractivity contribution in [2.75, 3.05) is 5.32 Å². The summed E-state index contributed by atoms with van der Waals surface area (Å²) >= 11 is 0. The van der Waals surface area contributed by atoms with Gasteiger partial charge in [-0.15, -0.1) is 0 Å². The van der Waals surface area contributed by atoms with Gasteiger partial charge in [0.2, 0.25) is 0 Å². The first-order chi connectivity index (χ1) is 13.6. The van der Waals surface area contributed by atoms with Gasteiger partial charge in [0.05, 0.1) is 0 Å². The number of pyridine rings is 2. The molecule has 1 fully saturated rings. The van der Waals surface area contributed by atoms with E-state index in [1.54, 1.807) is 12.4 Å². The second-order valence-electron chi connectivity index (χ2n) is 7.92. The van der Waals surface area contributed by atoms with Crippen molar-refractivity contribution in [2.45, 2.75) is 39.0 Å². The molecule has 0 radical (unpaired) electrons. The van der Waals surface area contributed by atoms with E-state index in [4.69, 9.17) is 0 Å². The summed E-state index contributed by atoms with van der Waals surface area (Å²) in [4.78, 5) is 21.5. The van der Waals surface area contributed by atoms with Gasteiger partial charge in [-0.25, -0.2) is 4.98 Å². The molecule has 4 heteroatoms. The van der Waals surface area contributed by atoms with Crippen LogP contribution in [-0.2, 0) is 6.42 Å². The summed E-state index contributed by atoms with van der Waals surface area (Å²) in [6, 6.07) is 13.9. The Labute approximate surface area is 166 Å². The fraction of sp³-hybridized carbons (Fsp3) is 0.292. The van der Waals surface area contributed by atoms with Crippen molar-refractivity contribution in [1.29, 1.82) is 0 Å². The lowest BCUT2D eigenvalue weighted by Gasteiger charge is -2.10. The number of hydrogen-bond acceptors (Lipinski definition) is 4. The summed E-state index contributed by atoms with van der Waals surface area (Å²) < 4.78 is 0. The minimum Gasteiger partial charge on any atom is -0.340 e. The van der Waals surface area contributed by atoms with Gasteiger partial charge in [-0.2, -0.15) is 0 Å². The zero-order valence-corrected chi connectivity index (χ0v) is 16.4. The lowest BCUT2D eigenvalue weighted by Crippen LogP contribution is -2.06. The van der Waals surface area contributed by atoms with E-state index in [2.05, 4.69) is 53.4 Å². The number of rotatable bonds is 7. The van der Waals surface area contributed by atoms with Crippen LogP contribution >= 0.6 is 0 Å².